The van der Waals surface area contributed by atoms with Crippen LogP contribution >= 0.6 is 0 Å². The first-order valence-electron chi connectivity index (χ1n) is 10.8. The van der Waals surface area contributed by atoms with Gasteiger partial charge in [0, 0.05) is 37.8 Å². The van der Waals surface area contributed by atoms with E-state index in [2.05, 4.69) is 16.9 Å². The van der Waals surface area contributed by atoms with Crippen molar-refractivity contribution in [3.8, 4) is 17.0 Å². The summed E-state index contributed by atoms with van der Waals surface area (Å²) in [6.07, 6.45) is 0. The van der Waals surface area contributed by atoms with Gasteiger partial charge in [-0.15, -0.1) is 0 Å². The molecule has 2 aromatic carbocycles. The fourth-order valence-corrected chi connectivity index (χ4v) is 3.93. The Kier molecular flexibility index (Phi) is 6.25. The van der Waals surface area contributed by atoms with Gasteiger partial charge >= 0.3 is 0 Å². The molecule has 1 fully saturated rings. The molecule has 7 nitrogen and oxygen atoms in total. The molecule has 166 valence electrons. The van der Waals surface area contributed by atoms with E-state index in [0.717, 1.165) is 22.6 Å². The van der Waals surface area contributed by atoms with Crippen LogP contribution in [0.1, 0.15) is 11.1 Å². The standard InChI is InChI=1S/C25H28N4O3/c1-18-8-9-20(16-19(18)2)21-10-11-24(30)29(26-21)17-25(31)28-14-12-27(13-15-28)22-6-4-5-7-23(22)32-3/h4-11,16H,12-15,17H2,1-3H3. The SMILES string of the molecule is COc1ccccc1N1CCN(C(=O)Cn2nc(-c3ccc(C)c(C)c3)ccc2=O)CC1. The molecule has 0 unspecified atom stereocenters. The minimum Gasteiger partial charge on any atom is -0.495 e. The lowest BCUT2D eigenvalue weighted by Crippen LogP contribution is -2.50. The van der Waals surface area contributed by atoms with E-state index in [1.54, 1.807) is 18.1 Å². The molecule has 3 aromatic rings. The normalized spacial score (nSPS) is 13.8. The highest BCUT2D eigenvalue weighted by Gasteiger charge is 2.23. The Hall–Kier alpha value is -3.61. The number of amides is 1. The summed E-state index contributed by atoms with van der Waals surface area (Å²) in [6, 6.07) is 17.1. The van der Waals surface area contributed by atoms with E-state index in [9.17, 15) is 9.59 Å². The fraction of sp³-hybridized carbons (Fsp3) is 0.320. The summed E-state index contributed by atoms with van der Waals surface area (Å²) in [5.41, 5.74) is 4.72. The summed E-state index contributed by atoms with van der Waals surface area (Å²) in [7, 11) is 1.66. The Bertz CT molecular complexity index is 1180. The molecular weight excluding hydrogens is 404 g/mol. The summed E-state index contributed by atoms with van der Waals surface area (Å²) in [5, 5.41) is 4.46. The first-order valence-corrected chi connectivity index (χ1v) is 10.8. The Balaban J connectivity index is 1.44. The topological polar surface area (TPSA) is 67.7 Å². The van der Waals surface area contributed by atoms with Crippen molar-refractivity contribution in [3.63, 3.8) is 0 Å². The number of anilines is 1. The molecule has 0 aliphatic carbocycles. The van der Waals surface area contributed by atoms with Crippen LogP contribution < -0.4 is 15.2 Å². The van der Waals surface area contributed by atoms with Gasteiger partial charge in [0.25, 0.3) is 5.56 Å². The molecule has 0 saturated carbocycles. The number of carbonyl (C=O) groups excluding carboxylic acids is 1. The highest BCUT2D eigenvalue weighted by Crippen LogP contribution is 2.28. The molecule has 0 atom stereocenters. The smallest absolute Gasteiger partial charge is 0.267 e. The van der Waals surface area contributed by atoms with E-state index >= 15 is 0 Å². The average Bonchev–Trinajstić information content (AvgIpc) is 2.82. The van der Waals surface area contributed by atoms with E-state index < -0.39 is 0 Å². The van der Waals surface area contributed by atoms with Crippen LogP contribution in [0.3, 0.4) is 0 Å². The first-order chi connectivity index (χ1) is 15.5. The number of aromatic nitrogens is 2. The quantitative estimate of drug-likeness (QED) is 0.620. The number of para-hydroxylation sites is 2. The maximum atomic E-state index is 12.9. The molecule has 1 aromatic heterocycles. The maximum absolute atomic E-state index is 12.9. The molecule has 2 heterocycles. The Morgan fingerprint density at radius 1 is 0.969 bits per heavy atom. The van der Waals surface area contributed by atoms with Gasteiger partial charge in [-0.25, -0.2) is 4.68 Å². The zero-order valence-corrected chi connectivity index (χ0v) is 18.7. The van der Waals surface area contributed by atoms with Crippen molar-refractivity contribution in [2.24, 2.45) is 0 Å². The molecule has 0 bridgehead atoms. The van der Waals surface area contributed by atoms with Gasteiger partial charge in [0.05, 0.1) is 18.5 Å². The molecule has 1 aliphatic heterocycles. The molecule has 0 radical (unpaired) electrons. The number of piperazine rings is 1. The van der Waals surface area contributed by atoms with Crippen LogP contribution in [0.15, 0.2) is 59.4 Å². The summed E-state index contributed by atoms with van der Waals surface area (Å²) < 4.78 is 6.72. The highest BCUT2D eigenvalue weighted by molar-refractivity contribution is 5.76. The third-order valence-corrected chi connectivity index (χ3v) is 6.01. The van der Waals surface area contributed by atoms with Gasteiger partial charge in [0.15, 0.2) is 0 Å². The van der Waals surface area contributed by atoms with Gasteiger partial charge in [-0.05, 0) is 49.2 Å². The molecule has 1 aliphatic rings. The van der Waals surface area contributed by atoms with Gasteiger partial charge in [-0.3, -0.25) is 9.59 Å². The Morgan fingerprint density at radius 2 is 1.72 bits per heavy atom. The second-order valence-corrected chi connectivity index (χ2v) is 8.05. The number of ether oxygens (including phenoxy) is 1. The number of carbonyl (C=O) groups is 1. The van der Waals surface area contributed by atoms with E-state index in [1.165, 1.54) is 16.3 Å². The molecule has 4 rings (SSSR count). The Labute approximate surface area is 187 Å². The summed E-state index contributed by atoms with van der Waals surface area (Å²) in [5.74, 6) is 0.725. The van der Waals surface area contributed by atoms with Crippen LogP contribution in [0.4, 0.5) is 5.69 Å². The molecule has 0 N–H and O–H groups in total. The van der Waals surface area contributed by atoms with Crippen LogP contribution in [0, 0.1) is 13.8 Å². The third kappa shape index (κ3) is 4.51. The van der Waals surface area contributed by atoms with E-state index in [0.29, 0.717) is 31.9 Å². The largest absolute Gasteiger partial charge is 0.495 e. The highest BCUT2D eigenvalue weighted by atomic mass is 16.5. The number of nitrogens with zero attached hydrogens (tertiary/aromatic N) is 4. The first kappa shape index (κ1) is 21.6. The minimum atomic E-state index is -0.279. The van der Waals surface area contributed by atoms with Crippen LogP contribution in [0.25, 0.3) is 11.3 Å². The maximum Gasteiger partial charge on any atom is 0.267 e. The van der Waals surface area contributed by atoms with Crippen LogP contribution in [0.2, 0.25) is 0 Å². The van der Waals surface area contributed by atoms with Gasteiger partial charge in [-0.1, -0.05) is 24.3 Å². The van der Waals surface area contributed by atoms with Crippen molar-refractivity contribution < 1.29 is 9.53 Å². The molecule has 32 heavy (non-hydrogen) atoms. The van der Waals surface area contributed by atoms with Gasteiger partial charge in [0.1, 0.15) is 12.3 Å². The lowest BCUT2D eigenvalue weighted by Gasteiger charge is -2.36. The van der Waals surface area contributed by atoms with Crippen molar-refractivity contribution in [2.45, 2.75) is 20.4 Å². The van der Waals surface area contributed by atoms with E-state index in [1.807, 2.05) is 49.4 Å². The van der Waals surface area contributed by atoms with Gasteiger partial charge in [0.2, 0.25) is 5.91 Å². The van der Waals surface area contributed by atoms with Crippen molar-refractivity contribution >= 4 is 11.6 Å². The predicted molar refractivity (Wildman–Crippen MR) is 125 cm³/mol. The molecule has 7 heteroatoms. The zero-order valence-electron chi connectivity index (χ0n) is 18.7. The van der Waals surface area contributed by atoms with Gasteiger partial charge in [-0.2, -0.15) is 5.10 Å². The van der Waals surface area contributed by atoms with Crippen molar-refractivity contribution in [3.05, 3.63) is 76.1 Å². The number of hydrogen-bond acceptors (Lipinski definition) is 5. The monoisotopic (exact) mass is 432 g/mol. The average molecular weight is 433 g/mol. The zero-order chi connectivity index (χ0) is 22.7. The second-order valence-electron chi connectivity index (χ2n) is 8.05. The van der Waals surface area contributed by atoms with Crippen LogP contribution in [0.5, 0.6) is 5.75 Å². The molecule has 1 saturated heterocycles. The number of aryl methyl sites for hydroxylation is 2. The number of benzene rings is 2. The summed E-state index contributed by atoms with van der Waals surface area (Å²) in [6.45, 7) is 6.62. The fourth-order valence-electron chi connectivity index (χ4n) is 3.93. The number of rotatable bonds is 5. The van der Waals surface area contributed by atoms with Crippen molar-refractivity contribution in [2.75, 3.05) is 38.2 Å². The summed E-state index contributed by atoms with van der Waals surface area (Å²) in [4.78, 5) is 29.3. The number of hydrogen-bond donors (Lipinski definition) is 0. The van der Waals surface area contributed by atoms with E-state index in [-0.39, 0.29) is 18.0 Å². The minimum absolute atomic E-state index is 0.0633. The lowest BCUT2D eigenvalue weighted by molar-refractivity contribution is -0.132. The third-order valence-electron chi connectivity index (χ3n) is 6.01. The second kappa shape index (κ2) is 9.26. The predicted octanol–water partition coefficient (Wildman–Crippen LogP) is 2.88. The van der Waals surface area contributed by atoms with E-state index in [4.69, 9.17) is 4.74 Å². The molecular formula is C25H28N4O3. The summed E-state index contributed by atoms with van der Waals surface area (Å²) >= 11 is 0. The van der Waals surface area contributed by atoms with Crippen molar-refractivity contribution in [1.29, 1.82) is 0 Å². The number of methoxy groups -OCH3 is 1. The van der Waals surface area contributed by atoms with Gasteiger partial charge < -0.3 is 14.5 Å². The Morgan fingerprint density at radius 3 is 2.44 bits per heavy atom. The molecule has 1 amide bonds. The van der Waals surface area contributed by atoms with Crippen LogP contribution in [-0.4, -0.2) is 53.9 Å². The van der Waals surface area contributed by atoms with Crippen molar-refractivity contribution in [1.82, 2.24) is 14.7 Å². The lowest BCUT2D eigenvalue weighted by atomic mass is 10.0. The van der Waals surface area contributed by atoms with Crippen LogP contribution in [-0.2, 0) is 11.3 Å². The molecule has 0 spiro atoms.